The summed E-state index contributed by atoms with van der Waals surface area (Å²) in [5, 5.41) is 0. The van der Waals surface area contributed by atoms with Crippen molar-refractivity contribution in [2.75, 3.05) is 0 Å². The molecule has 5 heteroatoms. The number of nitrogens with two attached hydrogens (primary N) is 1. The van der Waals surface area contributed by atoms with Gasteiger partial charge in [-0.3, -0.25) is 0 Å². The summed E-state index contributed by atoms with van der Waals surface area (Å²) in [6.45, 7) is 1.77. The Morgan fingerprint density at radius 3 is 2.37 bits per heavy atom. The van der Waals surface area contributed by atoms with Gasteiger partial charge in [-0.05, 0) is 58.7 Å². The molecule has 1 atom stereocenters. The van der Waals surface area contributed by atoms with Crippen molar-refractivity contribution in [2.24, 2.45) is 5.73 Å². The lowest BCUT2D eigenvalue weighted by atomic mass is 10.1. The van der Waals surface area contributed by atoms with Crippen LogP contribution >= 0.6 is 15.9 Å². The number of rotatable bonds is 3. The van der Waals surface area contributed by atoms with E-state index in [0.717, 1.165) is 0 Å². The summed E-state index contributed by atoms with van der Waals surface area (Å²) in [5.74, 6) is -0.497. The number of benzene rings is 2. The summed E-state index contributed by atoms with van der Waals surface area (Å²) in [5.41, 5.74) is 6.35. The van der Waals surface area contributed by atoms with Gasteiger partial charge in [-0.2, -0.15) is 0 Å². The van der Waals surface area contributed by atoms with Gasteiger partial charge in [-0.1, -0.05) is 6.07 Å². The third-order valence-corrected chi connectivity index (χ3v) is 3.22. The van der Waals surface area contributed by atoms with E-state index in [4.69, 9.17) is 10.5 Å². The third kappa shape index (κ3) is 3.30. The molecule has 0 aliphatic heterocycles. The van der Waals surface area contributed by atoms with Crippen molar-refractivity contribution < 1.29 is 13.5 Å². The first-order valence-electron chi connectivity index (χ1n) is 5.65. The Balaban J connectivity index is 2.28. The van der Waals surface area contributed by atoms with Crippen molar-refractivity contribution in [3.8, 4) is 11.5 Å². The fraction of sp³-hybridized carbons (Fsp3) is 0.143. The first kappa shape index (κ1) is 14.0. The smallest absolute Gasteiger partial charge is 0.166 e. The van der Waals surface area contributed by atoms with E-state index in [0.29, 0.717) is 15.8 Å². The van der Waals surface area contributed by atoms with Crippen molar-refractivity contribution >= 4 is 15.9 Å². The van der Waals surface area contributed by atoms with E-state index in [9.17, 15) is 8.78 Å². The largest absolute Gasteiger partial charge is 0.453 e. The lowest BCUT2D eigenvalue weighted by Gasteiger charge is -2.11. The maximum atomic E-state index is 13.8. The first-order chi connectivity index (χ1) is 8.97. The zero-order valence-electron chi connectivity index (χ0n) is 10.2. The van der Waals surface area contributed by atoms with Gasteiger partial charge in [0.1, 0.15) is 11.6 Å². The maximum absolute atomic E-state index is 13.8. The van der Waals surface area contributed by atoms with E-state index in [2.05, 4.69) is 15.9 Å². The van der Waals surface area contributed by atoms with Gasteiger partial charge in [-0.25, -0.2) is 8.78 Å². The zero-order chi connectivity index (χ0) is 14.0. The molecule has 0 aliphatic rings. The zero-order valence-corrected chi connectivity index (χ0v) is 11.7. The van der Waals surface area contributed by atoms with Gasteiger partial charge in [0.25, 0.3) is 0 Å². The Morgan fingerprint density at radius 2 is 1.79 bits per heavy atom. The number of hydrogen-bond acceptors (Lipinski definition) is 2. The molecule has 0 radical (unpaired) electrons. The van der Waals surface area contributed by atoms with E-state index in [1.807, 2.05) is 0 Å². The molecule has 0 fully saturated rings. The van der Waals surface area contributed by atoms with E-state index >= 15 is 0 Å². The highest BCUT2D eigenvalue weighted by molar-refractivity contribution is 9.10. The molecule has 2 aromatic rings. The van der Waals surface area contributed by atoms with Crippen molar-refractivity contribution in [2.45, 2.75) is 13.0 Å². The average molecular weight is 328 g/mol. The molecular weight excluding hydrogens is 316 g/mol. The molecule has 100 valence electrons. The van der Waals surface area contributed by atoms with Gasteiger partial charge < -0.3 is 10.5 Å². The van der Waals surface area contributed by atoms with Crippen LogP contribution < -0.4 is 10.5 Å². The topological polar surface area (TPSA) is 35.2 Å². The van der Waals surface area contributed by atoms with E-state index in [-0.39, 0.29) is 11.8 Å². The summed E-state index contributed by atoms with van der Waals surface area (Å²) in [7, 11) is 0. The van der Waals surface area contributed by atoms with Crippen molar-refractivity contribution in [1.29, 1.82) is 0 Å². The minimum absolute atomic E-state index is 0.0664. The maximum Gasteiger partial charge on any atom is 0.166 e. The van der Waals surface area contributed by atoms with Gasteiger partial charge >= 0.3 is 0 Å². The quantitative estimate of drug-likeness (QED) is 0.898. The predicted octanol–water partition coefficient (Wildman–Crippen LogP) is 4.54. The number of ether oxygens (including phenoxy) is 1. The van der Waals surface area contributed by atoms with Crippen LogP contribution in [0.25, 0.3) is 0 Å². The van der Waals surface area contributed by atoms with Crippen molar-refractivity contribution in [3.63, 3.8) is 0 Å². The second-order valence-corrected chi connectivity index (χ2v) is 5.01. The van der Waals surface area contributed by atoms with Gasteiger partial charge in [0.05, 0.1) is 4.47 Å². The highest BCUT2D eigenvalue weighted by atomic mass is 79.9. The van der Waals surface area contributed by atoms with Crippen LogP contribution in [0.15, 0.2) is 40.9 Å². The van der Waals surface area contributed by atoms with Crippen molar-refractivity contribution in [3.05, 3.63) is 58.1 Å². The van der Waals surface area contributed by atoms with Crippen LogP contribution in [0.3, 0.4) is 0 Å². The normalized spacial score (nSPS) is 12.3. The summed E-state index contributed by atoms with van der Waals surface area (Å²) in [6.07, 6.45) is 0. The Kier molecular flexibility index (Phi) is 4.17. The summed E-state index contributed by atoms with van der Waals surface area (Å²) < 4.78 is 32.6. The summed E-state index contributed by atoms with van der Waals surface area (Å²) >= 11 is 3.16. The summed E-state index contributed by atoms with van der Waals surface area (Å²) in [4.78, 5) is 0. The SMILES string of the molecule is CC(N)c1ccc(Oc2ccc(F)cc2Br)c(F)c1. The molecule has 0 aliphatic carbocycles. The second-order valence-electron chi connectivity index (χ2n) is 4.16. The molecule has 2 nitrogen and oxygen atoms in total. The number of hydrogen-bond donors (Lipinski definition) is 1. The molecule has 1 unspecified atom stereocenters. The van der Waals surface area contributed by atoms with Crippen LogP contribution in [0.1, 0.15) is 18.5 Å². The lowest BCUT2D eigenvalue weighted by molar-refractivity contribution is 0.438. The Hall–Kier alpha value is -1.46. The average Bonchev–Trinajstić information content (AvgIpc) is 2.34. The van der Waals surface area contributed by atoms with Crippen LogP contribution in [0, 0.1) is 11.6 Å². The van der Waals surface area contributed by atoms with Crippen molar-refractivity contribution in [1.82, 2.24) is 0 Å². The fourth-order valence-electron chi connectivity index (χ4n) is 1.56. The summed E-state index contributed by atoms with van der Waals surface area (Å²) in [6, 6.07) is 8.21. The van der Waals surface area contributed by atoms with Gasteiger partial charge in [0, 0.05) is 6.04 Å². The van der Waals surface area contributed by atoms with Gasteiger partial charge in [-0.15, -0.1) is 0 Å². The number of halogens is 3. The molecule has 0 saturated carbocycles. The highest BCUT2D eigenvalue weighted by Crippen LogP contribution is 2.32. The molecule has 2 rings (SSSR count). The molecular formula is C14H12BrF2NO. The van der Waals surface area contributed by atoms with Crippen LogP contribution in [0.4, 0.5) is 8.78 Å². The second kappa shape index (κ2) is 5.67. The molecule has 0 saturated heterocycles. The third-order valence-electron chi connectivity index (χ3n) is 2.60. The highest BCUT2D eigenvalue weighted by Gasteiger charge is 2.10. The Morgan fingerprint density at radius 1 is 1.11 bits per heavy atom. The monoisotopic (exact) mass is 327 g/mol. The molecule has 0 aromatic heterocycles. The van der Waals surface area contributed by atoms with Crippen LogP contribution in [0.5, 0.6) is 11.5 Å². The van der Waals surface area contributed by atoms with Crippen LogP contribution in [0.2, 0.25) is 0 Å². The minimum atomic E-state index is -0.508. The fourth-order valence-corrected chi connectivity index (χ4v) is 1.99. The molecule has 0 spiro atoms. The van der Waals surface area contributed by atoms with Gasteiger partial charge in [0.2, 0.25) is 0 Å². The Bertz CT molecular complexity index is 602. The molecule has 2 N–H and O–H groups in total. The predicted molar refractivity (Wildman–Crippen MR) is 73.2 cm³/mol. The van der Waals surface area contributed by atoms with E-state index < -0.39 is 11.6 Å². The molecule has 19 heavy (non-hydrogen) atoms. The molecule has 0 heterocycles. The molecule has 0 amide bonds. The molecule has 0 bridgehead atoms. The van der Waals surface area contributed by atoms with E-state index in [1.54, 1.807) is 13.0 Å². The first-order valence-corrected chi connectivity index (χ1v) is 6.44. The van der Waals surface area contributed by atoms with Crippen LogP contribution in [-0.2, 0) is 0 Å². The lowest BCUT2D eigenvalue weighted by Crippen LogP contribution is -2.05. The van der Waals surface area contributed by atoms with Crippen LogP contribution in [-0.4, -0.2) is 0 Å². The minimum Gasteiger partial charge on any atom is -0.453 e. The standard InChI is InChI=1S/C14H12BrF2NO/c1-8(18)9-2-4-14(12(17)6-9)19-13-5-3-10(16)7-11(13)15/h2-8H,18H2,1H3. The van der Waals surface area contributed by atoms with Gasteiger partial charge in [0.15, 0.2) is 11.6 Å². The Labute approximate surface area is 118 Å². The van der Waals surface area contributed by atoms with E-state index in [1.165, 1.54) is 30.3 Å². The molecule has 2 aromatic carbocycles.